The van der Waals surface area contributed by atoms with Crippen LogP contribution in [-0.2, 0) is 27.9 Å². The molecule has 1 N–H and O–H groups in total. The van der Waals surface area contributed by atoms with Gasteiger partial charge in [-0.1, -0.05) is 24.3 Å². The van der Waals surface area contributed by atoms with Gasteiger partial charge in [-0.25, -0.2) is 17.8 Å². The van der Waals surface area contributed by atoms with E-state index in [0.717, 1.165) is 27.6 Å². The number of benzene rings is 2. The van der Waals surface area contributed by atoms with Gasteiger partial charge in [0.2, 0.25) is 15.9 Å². The smallest absolute Gasteiger partial charge is 0.243 e. The molecule has 2 aromatic carbocycles. The Balaban J connectivity index is 1.52. The van der Waals surface area contributed by atoms with E-state index in [-0.39, 0.29) is 18.0 Å². The van der Waals surface area contributed by atoms with E-state index in [1.165, 1.54) is 19.2 Å². The molecule has 0 saturated heterocycles. The molecule has 152 valence electrons. The largest absolute Gasteiger partial charge is 0.351 e. The minimum Gasteiger partial charge on any atom is -0.351 e. The predicted molar refractivity (Wildman–Crippen MR) is 106 cm³/mol. The summed E-state index contributed by atoms with van der Waals surface area (Å²) in [6.45, 7) is 0.658. The third kappa shape index (κ3) is 5.49. The lowest BCUT2D eigenvalue weighted by molar-refractivity contribution is -0.121. The number of aromatic nitrogens is 2. The molecule has 1 amide bonds. The number of nitrogens with zero attached hydrogens (tertiary/aromatic N) is 3. The first-order valence-electron chi connectivity index (χ1n) is 8.87. The van der Waals surface area contributed by atoms with Gasteiger partial charge in [0, 0.05) is 32.5 Å². The SMILES string of the molecule is CN(CC(=O)NCc1ccc(Cn2ccnc2)cc1)S(=O)(=O)c1ccc(F)cc1. The molecule has 1 heterocycles. The number of carbonyl (C=O) groups excluding carboxylic acids is 1. The number of amides is 1. The van der Waals surface area contributed by atoms with Gasteiger partial charge in [-0.15, -0.1) is 0 Å². The summed E-state index contributed by atoms with van der Waals surface area (Å²) in [5, 5.41) is 2.71. The molecule has 0 saturated carbocycles. The van der Waals surface area contributed by atoms with Crippen LogP contribution in [0.3, 0.4) is 0 Å². The summed E-state index contributed by atoms with van der Waals surface area (Å²) in [6, 6.07) is 12.2. The minimum atomic E-state index is -3.87. The highest BCUT2D eigenvalue weighted by molar-refractivity contribution is 7.89. The number of hydrogen-bond acceptors (Lipinski definition) is 4. The first-order chi connectivity index (χ1) is 13.8. The Hall–Kier alpha value is -3.04. The van der Waals surface area contributed by atoms with Crippen LogP contribution < -0.4 is 5.32 Å². The maximum atomic E-state index is 13.0. The maximum absolute atomic E-state index is 13.0. The molecule has 1 aromatic heterocycles. The molecule has 0 aliphatic heterocycles. The topological polar surface area (TPSA) is 84.3 Å². The summed E-state index contributed by atoms with van der Waals surface area (Å²) in [5.41, 5.74) is 2.00. The van der Waals surface area contributed by atoms with Gasteiger partial charge < -0.3 is 9.88 Å². The Kier molecular flexibility index (Phi) is 6.40. The molecule has 0 fully saturated rings. The molecular weight excluding hydrogens is 395 g/mol. The fraction of sp³-hybridized carbons (Fsp3) is 0.200. The molecule has 0 unspecified atom stereocenters. The Labute approximate surface area is 168 Å². The summed E-state index contributed by atoms with van der Waals surface area (Å²) >= 11 is 0. The Bertz CT molecular complexity index is 1050. The molecular formula is C20H21FN4O3S. The lowest BCUT2D eigenvalue weighted by Gasteiger charge is -2.17. The summed E-state index contributed by atoms with van der Waals surface area (Å²) in [7, 11) is -2.56. The number of carbonyl (C=O) groups is 1. The van der Waals surface area contributed by atoms with Crippen LogP contribution >= 0.6 is 0 Å². The lowest BCUT2D eigenvalue weighted by atomic mass is 10.1. The van der Waals surface area contributed by atoms with Crippen molar-refractivity contribution in [3.8, 4) is 0 Å². The Morgan fingerprint density at radius 1 is 1.10 bits per heavy atom. The standard InChI is InChI=1S/C20H21FN4O3S/c1-24(29(27,28)19-8-6-18(21)7-9-19)14-20(26)23-12-16-2-4-17(5-3-16)13-25-11-10-22-15-25/h2-11,15H,12-14H2,1H3,(H,23,26). The van der Waals surface area contributed by atoms with Crippen molar-refractivity contribution in [2.45, 2.75) is 18.0 Å². The van der Waals surface area contributed by atoms with Crippen molar-refractivity contribution in [1.82, 2.24) is 19.2 Å². The second kappa shape index (κ2) is 8.97. The number of imidazole rings is 1. The number of sulfonamides is 1. The van der Waals surface area contributed by atoms with E-state index in [1.54, 1.807) is 12.5 Å². The van der Waals surface area contributed by atoms with Crippen molar-refractivity contribution < 1.29 is 17.6 Å². The van der Waals surface area contributed by atoms with Crippen molar-refractivity contribution in [3.63, 3.8) is 0 Å². The Morgan fingerprint density at radius 2 is 1.76 bits per heavy atom. The molecule has 0 spiro atoms. The lowest BCUT2D eigenvalue weighted by Crippen LogP contribution is -2.38. The van der Waals surface area contributed by atoms with Crippen LogP contribution in [0.5, 0.6) is 0 Å². The van der Waals surface area contributed by atoms with Crippen LogP contribution in [0.15, 0.2) is 72.1 Å². The van der Waals surface area contributed by atoms with Crippen LogP contribution in [0.25, 0.3) is 0 Å². The van der Waals surface area contributed by atoms with Crippen LogP contribution in [0.4, 0.5) is 4.39 Å². The van der Waals surface area contributed by atoms with E-state index in [4.69, 9.17) is 0 Å². The van der Waals surface area contributed by atoms with Gasteiger partial charge in [0.1, 0.15) is 5.82 Å². The van der Waals surface area contributed by atoms with Crippen molar-refractivity contribution in [2.24, 2.45) is 0 Å². The second-order valence-electron chi connectivity index (χ2n) is 6.54. The zero-order valence-corrected chi connectivity index (χ0v) is 16.6. The van der Waals surface area contributed by atoms with Gasteiger partial charge in [0.25, 0.3) is 0 Å². The minimum absolute atomic E-state index is 0.0670. The molecule has 0 bridgehead atoms. The highest BCUT2D eigenvalue weighted by atomic mass is 32.2. The normalized spacial score (nSPS) is 11.6. The van der Waals surface area contributed by atoms with Crippen LogP contribution in [0.1, 0.15) is 11.1 Å². The van der Waals surface area contributed by atoms with Gasteiger partial charge in [-0.3, -0.25) is 4.79 Å². The van der Waals surface area contributed by atoms with E-state index in [2.05, 4.69) is 10.3 Å². The maximum Gasteiger partial charge on any atom is 0.243 e. The molecule has 0 aliphatic carbocycles. The molecule has 0 aliphatic rings. The first-order valence-corrected chi connectivity index (χ1v) is 10.3. The third-order valence-electron chi connectivity index (χ3n) is 4.33. The zero-order valence-electron chi connectivity index (χ0n) is 15.8. The van der Waals surface area contributed by atoms with Gasteiger partial charge in [-0.05, 0) is 35.4 Å². The summed E-state index contributed by atoms with van der Waals surface area (Å²) < 4.78 is 40.8. The first kappa shape index (κ1) is 20.7. The average molecular weight is 416 g/mol. The molecule has 3 aromatic rings. The number of rotatable bonds is 8. The molecule has 29 heavy (non-hydrogen) atoms. The van der Waals surface area contributed by atoms with Gasteiger partial charge in [0.15, 0.2) is 0 Å². The monoisotopic (exact) mass is 416 g/mol. The van der Waals surface area contributed by atoms with Crippen molar-refractivity contribution >= 4 is 15.9 Å². The number of hydrogen-bond donors (Lipinski definition) is 1. The molecule has 0 radical (unpaired) electrons. The second-order valence-corrected chi connectivity index (χ2v) is 8.59. The van der Waals surface area contributed by atoms with Gasteiger partial charge >= 0.3 is 0 Å². The van der Waals surface area contributed by atoms with E-state index in [9.17, 15) is 17.6 Å². The highest BCUT2D eigenvalue weighted by Gasteiger charge is 2.22. The fourth-order valence-electron chi connectivity index (χ4n) is 2.68. The molecule has 3 rings (SSSR count). The van der Waals surface area contributed by atoms with E-state index in [0.29, 0.717) is 6.54 Å². The Morgan fingerprint density at radius 3 is 2.38 bits per heavy atom. The number of nitrogens with one attached hydrogen (secondary N) is 1. The predicted octanol–water partition coefficient (Wildman–Crippen LogP) is 2.01. The summed E-state index contributed by atoms with van der Waals surface area (Å²) in [5.74, 6) is -0.957. The van der Waals surface area contributed by atoms with E-state index in [1.807, 2.05) is 35.0 Å². The van der Waals surface area contributed by atoms with Crippen molar-refractivity contribution in [1.29, 1.82) is 0 Å². The summed E-state index contributed by atoms with van der Waals surface area (Å²) in [4.78, 5) is 16.1. The van der Waals surface area contributed by atoms with Crippen LogP contribution in [0, 0.1) is 5.82 Å². The quantitative estimate of drug-likeness (QED) is 0.609. The fourth-order valence-corrected chi connectivity index (χ4v) is 3.81. The molecule has 7 nitrogen and oxygen atoms in total. The van der Waals surface area contributed by atoms with Crippen molar-refractivity contribution in [2.75, 3.05) is 13.6 Å². The van der Waals surface area contributed by atoms with Crippen LogP contribution in [-0.4, -0.2) is 41.8 Å². The van der Waals surface area contributed by atoms with Crippen LogP contribution in [0.2, 0.25) is 0 Å². The zero-order chi connectivity index (χ0) is 20.9. The third-order valence-corrected chi connectivity index (χ3v) is 6.14. The number of halogens is 1. The molecule has 9 heteroatoms. The van der Waals surface area contributed by atoms with E-state index < -0.39 is 21.7 Å². The van der Waals surface area contributed by atoms with Gasteiger partial charge in [0.05, 0.1) is 17.8 Å². The highest BCUT2D eigenvalue weighted by Crippen LogP contribution is 2.14. The summed E-state index contributed by atoms with van der Waals surface area (Å²) in [6.07, 6.45) is 5.34. The average Bonchev–Trinajstić information content (AvgIpc) is 3.21. The van der Waals surface area contributed by atoms with E-state index >= 15 is 0 Å². The number of likely N-dealkylation sites (N-methyl/N-ethyl adjacent to an activating group) is 1. The molecule has 0 atom stereocenters. The van der Waals surface area contributed by atoms with Gasteiger partial charge in [-0.2, -0.15) is 4.31 Å². The van der Waals surface area contributed by atoms with Crippen molar-refractivity contribution in [3.05, 3.63) is 84.2 Å².